The minimum absolute atomic E-state index is 0.0939. The van der Waals surface area contributed by atoms with Crippen molar-refractivity contribution in [1.29, 1.82) is 0 Å². The van der Waals surface area contributed by atoms with Gasteiger partial charge in [0.1, 0.15) is 11.4 Å². The molecular formula is C15H14F2N4O5S. The summed E-state index contributed by atoms with van der Waals surface area (Å²) in [7, 11) is -4.39. The van der Waals surface area contributed by atoms with Crippen LogP contribution in [0, 0.1) is 0 Å². The van der Waals surface area contributed by atoms with E-state index in [4.69, 9.17) is 4.74 Å². The van der Waals surface area contributed by atoms with Gasteiger partial charge in [-0.1, -0.05) is 6.92 Å². The number of carbonyl (C=O) groups excluding carboxylic acids is 2. The van der Waals surface area contributed by atoms with Gasteiger partial charge in [0, 0.05) is 6.20 Å². The normalized spacial score (nSPS) is 16.4. The Balaban J connectivity index is 1.86. The largest absolute Gasteiger partial charge is 0.478 e. The lowest BCUT2D eigenvalue weighted by atomic mass is 10.2. The second-order valence-corrected chi connectivity index (χ2v) is 7.22. The van der Waals surface area contributed by atoms with Gasteiger partial charge >= 0.3 is 6.55 Å². The molecule has 0 bridgehead atoms. The molecule has 0 fully saturated rings. The fraction of sp³-hybridized carbons (Fsp3) is 0.267. The van der Waals surface area contributed by atoms with Gasteiger partial charge < -0.3 is 10.1 Å². The molecule has 2 N–H and O–H groups in total. The van der Waals surface area contributed by atoms with Gasteiger partial charge in [-0.3, -0.25) is 9.59 Å². The smallest absolute Gasteiger partial charge is 0.333 e. The van der Waals surface area contributed by atoms with E-state index in [9.17, 15) is 26.8 Å². The first kappa shape index (κ1) is 18.8. The van der Waals surface area contributed by atoms with E-state index in [1.165, 1.54) is 12.1 Å². The lowest BCUT2D eigenvalue weighted by Crippen LogP contribution is -2.36. The Morgan fingerprint density at radius 3 is 2.81 bits per heavy atom. The summed E-state index contributed by atoms with van der Waals surface area (Å²) < 4.78 is 57.6. The van der Waals surface area contributed by atoms with Crippen molar-refractivity contribution in [3.63, 3.8) is 0 Å². The number of halogens is 2. The maximum absolute atomic E-state index is 12.8. The predicted molar refractivity (Wildman–Crippen MR) is 87.9 cm³/mol. The standard InChI is InChI=1S/C15H14F2N4O5S/c1-2-11-14(23)19-9-7-8(3-4-12(9)26-11)27(24,25)20-13(22)10-5-6-18-21(10)15(16)17/h3-7,11,15H,2H2,1H3,(H,19,23)(H,20,22)/t11-/m0/s1. The number of ether oxygens (including phenoxy) is 1. The summed E-state index contributed by atoms with van der Waals surface area (Å²) in [4.78, 5) is 23.6. The first-order chi connectivity index (χ1) is 12.7. The molecule has 1 aromatic carbocycles. The minimum atomic E-state index is -4.39. The van der Waals surface area contributed by atoms with E-state index in [2.05, 4.69) is 10.4 Å². The number of benzene rings is 1. The molecule has 9 nitrogen and oxygen atoms in total. The van der Waals surface area contributed by atoms with Crippen molar-refractivity contribution in [2.75, 3.05) is 5.32 Å². The molecule has 3 rings (SSSR count). The van der Waals surface area contributed by atoms with E-state index < -0.39 is 40.2 Å². The molecule has 2 aromatic rings. The van der Waals surface area contributed by atoms with E-state index in [1.54, 1.807) is 11.6 Å². The number of amides is 2. The monoisotopic (exact) mass is 400 g/mol. The van der Waals surface area contributed by atoms with Gasteiger partial charge in [-0.05, 0) is 30.7 Å². The zero-order valence-corrected chi connectivity index (χ0v) is 14.7. The van der Waals surface area contributed by atoms with Crippen LogP contribution in [-0.4, -0.2) is 36.1 Å². The maximum Gasteiger partial charge on any atom is 0.333 e. The molecule has 1 aliphatic rings. The van der Waals surface area contributed by atoms with E-state index in [1.807, 2.05) is 0 Å². The zero-order valence-electron chi connectivity index (χ0n) is 13.8. The SMILES string of the molecule is CC[C@@H]1Oc2ccc(S(=O)(=O)NC(=O)c3ccnn3C(F)F)cc2NC1=O. The van der Waals surface area contributed by atoms with E-state index in [-0.39, 0.29) is 21.0 Å². The number of nitrogens with one attached hydrogen (secondary N) is 2. The fourth-order valence-corrected chi connectivity index (χ4v) is 3.43. The highest BCUT2D eigenvalue weighted by molar-refractivity contribution is 7.90. The highest BCUT2D eigenvalue weighted by Crippen LogP contribution is 2.32. The van der Waals surface area contributed by atoms with Crippen molar-refractivity contribution in [3.8, 4) is 5.75 Å². The number of alkyl halides is 2. The third-order valence-electron chi connectivity index (χ3n) is 3.77. The molecule has 2 heterocycles. The van der Waals surface area contributed by atoms with Gasteiger partial charge in [-0.2, -0.15) is 18.6 Å². The first-order valence-corrected chi connectivity index (χ1v) is 9.21. The topological polar surface area (TPSA) is 119 Å². The van der Waals surface area contributed by atoms with Gasteiger partial charge in [0.15, 0.2) is 6.10 Å². The quantitative estimate of drug-likeness (QED) is 0.785. The van der Waals surface area contributed by atoms with E-state index in [0.29, 0.717) is 6.42 Å². The number of anilines is 1. The second-order valence-electron chi connectivity index (χ2n) is 5.54. The van der Waals surface area contributed by atoms with Gasteiger partial charge in [-0.15, -0.1) is 0 Å². The van der Waals surface area contributed by atoms with Crippen LogP contribution >= 0.6 is 0 Å². The fourth-order valence-electron chi connectivity index (χ4n) is 2.45. The summed E-state index contributed by atoms with van der Waals surface area (Å²) in [5.74, 6) is -1.41. The second kappa shape index (κ2) is 6.95. The maximum atomic E-state index is 12.8. The number of rotatable bonds is 5. The molecule has 27 heavy (non-hydrogen) atoms. The van der Waals surface area contributed by atoms with Crippen molar-refractivity contribution in [2.45, 2.75) is 30.9 Å². The summed E-state index contributed by atoms with van der Waals surface area (Å²) >= 11 is 0. The van der Waals surface area contributed by atoms with Crippen LogP contribution in [-0.2, 0) is 14.8 Å². The Morgan fingerprint density at radius 2 is 2.15 bits per heavy atom. The molecule has 0 spiro atoms. The lowest BCUT2D eigenvalue weighted by Gasteiger charge is -2.25. The summed E-state index contributed by atoms with van der Waals surface area (Å²) in [5, 5.41) is 5.79. The van der Waals surface area contributed by atoms with Crippen LogP contribution in [0.5, 0.6) is 5.75 Å². The van der Waals surface area contributed by atoms with Crippen molar-refractivity contribution < 1.29 is 31.5 Å². The van der Waals surface area contributed by atoms with Gasteiger partial charge in [-0.25, -0.2) is 13.1 Å². The van der Waals surface area contributed by atoms with Crippen LogP contribution in [0.15, 0.2) is 35.4 Å². The van der Waals surface area contributed by atoms with Gasteiger partial charge in [0.05, 0.1) is 10.6 Å². The molecule has 0 unspecified atom stereocenters. The lowest BCUT2D eigenvalue weighted by molar-refractivity contribution is -0.123. The average Bonchev–Trinajstić information content (AvgIpc) is 3.10. The van der Waals surface area contributed by atoms with Crippen molar-refractivity contribution in [3.05, 3.63) is 36.2 Å². The molecule has 0 radical (unpaired) electrons. The number of hydrogen-bond donors (Lipinski definition) is 2. The molecule has 1 aliphatic heterocycles. The Kier molecular flexibility index (Phi) is 4.83. The highest BCUT2D eigenvalue weighted by atomic mass is 32.2. The Hall–Kier alpha value is -3.02. The summed E-state index contributed by atoms with van der Waals surface area (Å²) in [6.07, 6.45) is 0.692. The van der Waals surface area contributed by atoms with E-state index >= 15 is 0 Å². The first-order valence-electron chi connectivity index (χ1n) is 7.73. The third kappa shape index (κ3) is 3.60. The number of hydrogen-bond acceptors (Lipinski definition) is 6. The summed E-state index contributed by atoms with van der Waals surface area (Å²) in [6.45, 7) is -1.35. The molecule has 2 amide bonds. The Labute approximate surface area is 152 Å². The Bertz CT molecular complexity index is 1010. The predicted octanol–water partition coefficient (Wildman–Crippen LogP) is 1.51. The zero-order chi connectivity index (χ0) is 19.8. The molecule has 144 valence electrons. The van der Waals surface area contributed by atoms with Gasteiger partial charge in [0.2, 0.25) is 0 Å². The van der Waals surface area contributed by atoms with E-state index in [0.717, 1.165) is 18.3 Å². The van der Waals surface area contributed by atoms with Crippen LogP contribution in [0.2, 0.25) is 0 Å². The summed E-state index contributed by atoms with van der Waals surface area (Å²) in [6, 6.07) is 4.57. The van der Waals surface area contributed by atoms with Gasteiger partial charge in [0.25, 0.3) is 21.8 Å². The number of sulfonamides is 1. The minimum Gasteiger partial charge on any atom is -0.478 e. The van der Waals surface area contributed by atoms with Crippen molar-refractivity contribution >= 4 is 27.5 Å². The number of fused-ring (bicyclic) bond motifs is 1. The number of aromatic nitrogens is 2. The molecule has 0 saturated carbocycles. The number of nitrogens with zero attached hydrogens (tertiary/aromatic N) is 2. The van der Waals surface area contributed by atoms with Crippen LogP contribution in [0.25, 0.3) is 0 Å². The number of carbonyl (C=O) groups is 2. The average molecular weight is 400 g/mol. The third-order valence-corrected chi connectivity index (χ3v) is 5.10. The summed E-state index contributed by atoms with van der Waals surface area (Å²) in [5.41, 5.74) is -0.494. The van der Waals surface area contributed by atoms with Crippen LogP contribution in [0.4, 0.5) is 14.5 Å². The molecular weight excluding hydrogens is 386 g/mol. The molecule has 0 saturated heterocycles. The van der Waals surface area contributed by atoms with Crippen molar-refractivity contribution in [2.24, 2.45) is 0 Å². The molecule has 1 atom stereocenters. The molecule has 12 heteroatoms. The molecule has 1 aromatic heterocycles. The highest BCUT2D eigenvalue weighted by Gasteiger charge is 2.29. The Morgan fingerprint density at radius 1 is 1.41 bits per heavy atom. The van der Waals surface area contributed by atoms with Crippen LogP contribution in [0.1, 0.15) is 30.4 Å². The van der Waals surface area contributed by atoms with Crippen molar-refractivity contribution in [1.82, 2.24) is 14.5 Å². The van der Waals surface area contributed by atoms with Crippen LogP contribution < -0.4 is 14.8 Å². The van der Waals surface area contributed by atoms with Crippen LogP contribution in [0.3, 0.4) is 0 Å². The molecule has 0 aliphatic carbocycles.